The normalized spacial score (nSPS) is 21.3. The molecule has 26 heavy (non-hydrogen) atoms. The van der Waals surface area contributed by atoms with Crippen LogP contribution in [0, 0.1) is 10.1 Å². The summed E-state index contributed by atoms with van der Waals surface area (Å²) >= 11 is 0. The molecule has 2 rings (SSSR count). The first kappa shape index (κ1) is 19.6. The Kier molecular flexibility index (Phi) is 5.16. The SMILES string of the molecule is COc1nn([C@H](C)C(=O)N2N=C(C(F)F)C[C@]2(O)C(F)F)cc1[N+](=O)[O-]. The van der Waals surface area contributed by atoms with E-state index < -0.39 is 59.1 Å². The number of methoxy groups -OCH3 is 1. The van der Waals surface area contributed by atoms with Crippen LogP contribution in [0.25, 0.3) is 0 Å². The molecule has 1 aromatic heterocycles. The molecule has 10 nitrogen and oxygen atoms in total. The van der Waals surface area contributed by atoms with Crippen LogP contribution in [-0.4, -0.2) is 62.1 Å². The molecule has 0 spiro atoms. The van der Waals surface area contributed by atoms with Gasteiger partial charge in [0.2, 0.25) is 5.72 Å². The Labute approximate surface area is 142 Å². The van der Waals surface area contributed by atoms with E-state index in [-0.39, 0.29) is 5.01 Å². The predicted molar refractivity (Wildman–Crippen MR) is 76.0 cm³/mol. The summed E-state index contributed by atoms with van der Waals surface area (Å²) in [5, 5.41) is 27.4. The molecular formula is C12H13F4N5O5. The number of hydrogen-bond acceptors (Lipinski definition) is 7. The molecule has 1 amide bonds. The van der Waals surface area contributed by atoms with E-state index in [1.807, 2.05) is 0 Å². The lowest BCUT2D eigenvalue weighted by molar-refractivity contribution is -0.385. The van der Waals surface area contributed by atoms with Crippen molar-refractivity contribution in [3.63, 3.8) is 0 Å². The zero-order chi connectivity index (χ0) is 19.8. The van der Waals surface area contributed by atoms with Crippen LogP contribution in [0.5, 0.6) is 5.88 Å². The van der Waals surface area contributed by atoms with Crippen molar-refractivity contribution in [1.29, 1.82) is 0 Å². The summed E-state index contributed by atoms with van der Waals surface area (Å²) < 4.78 is 57.3. The van der Waals surface area contributed by atoms with Crippen LogP contribution in [0.4, 0.5) is 23.2 Å². The van der Waals surface area contributed by atoms with Crippen LogP contribution in [0.1, 0.15) is 19.4 Å². The van der Waals surface area contributed by atoms with E-state index in [0.717, 1.165) is 24.9 Å². The highest BCUT2D eigenvalue weighted by atomic mass is 19.3. The number of nitrogens with zero attached hydrogens (tertiary/aromatic N) is 5. The van der Waals surface area contributed by atoms with Crippen LogP contribution >= 0.6 is 0 Å². The fourth-order valence-electron chi connectivity index (χ4n) is 2.25. The molecule has 14 heteroatoms. The van der Waals surface area contributed by atoms with Gasteiger partial charge in [-0.3, -0.25) is 14.9 Å². The number of aromatic nitrogens is 2. The smallest absolute Gasteiger partial charge is 0.350 e. The summed E-state index contributed by atoms with van der Waals surface area (Å²) in [7, 11) is 1.08. The van der Waals surface area contributed by atoms with Gasteiger partial charge in [0.1, 0.15) is 18.0 Å². The van der Waals surface area contributed by atoms with Crippen molar-refractivity contribution < 1.29 is 37.1 Å². The Morgan fingerprint density at radius 3 is 2.50 bits per heavy atom. The van der Waals surface area contributed by atoms with E-state index >= 15 is 0 Å². The number of alkyl halides is 4. The van der Waals surface area contributed by atoms with Gasteiger partial charge in [-0.1, -0.05) is 0 Å². The summed E-state index contributed by atoms with van der Waals surface area (Å²) in [4.78, 5) is 22.5. The second-order valence-corrected chi connectivity index (χ2v) is 5.33. The molecule has 0 saturated carbocycles. The van der Waals surface area contributed by atoms with Crippen molar-refractivity contribution in [3.05, 3.63) is 16.3 Å². The molecule has 0 aromatic carbocycles. The number of carbonyl (C=O) groups is 1. The first-order chi connectivity index (χ1) is 12.0. The molecule has 0 unspecified atom stereocenters. The third kappa shape index (κ3) is 3.18. The van der Waals surface area contributed by atoms with Gasteiger partial charge < -0.3 is 9.84 Å². The number of hydrazone groups is 1. The molecule has 0 bridgehead atoms. The quantitative estimate of drug-likeness (QED) is 0.447. The fraction of sp³-hybridized carbons (Fsp3) is 0.583. The third-order valence-electron chi connectivity index (χ3n) is 3.67. The number of amides is 1. The van der Waals surface area contributed by atoms with E-state index in [4.69, 9.17) is 0 Å². The molecule has 1 aliphatic rings. The molecule has 0 saturated heterocycles. The van der Waals surface area contributed by atoms with Gasteiger partial charge in [0.15, 0.2) is 0 Å². The maximum absolute atomic E-state index is 13.2. The molecule has 1 N–H and O–H groups in total. The number of rotatable bonds is 6. The lowest BCUT2D eigenvalue weighted by Crippen LogP contribution is -2.53. The first-order valence-electron chi connectivity index (χ1n) is 7.00. The number of carbonyl (C=O) groups excluding carboxylic acids is 1. The van der Waals surface area contributed by atoms with Gasteiger partial charge >= 0.3 is 11.6 Å². The summed E-state index contributed by atoms with van der Waals surface area (Å²) in [5.41, 5.74) is -4.94. The number of nitro groups is 1. The van der Waals surface area contributed by atoms with E-state index in [9.17, 15) is 37.6 Å². The topological polar surface area (TPSA) is 123 Å². The highest BCUT2D eigenvalue weighted by Gasteiger charge is 2.54. The van der Waals surface area contributed by atoms with E-state index in [2.05, 4.69) is 14.9 Å². The maximum Gasteiger partial charge on any atom is 0.350 e. The largest absolute Gasteiger partial charge is 0.475 e. The van der Waals surface area contributed by atoms with Crippen molar-refractivity contribution in [1.82, 2.24) is 14.8 Å². The van der Waals surface area contributed by atoms with Crippen molar-refractivity contribution in [2.75, 3.05) is 7.11 Å². The van der Waals surface area contributed by atoms with Gasteiger partial charge in [0.25, 0.3) is 18.8 Å². The van der Waals surface area contributed by atoms with E-state index in [1.165, 1.54) is 0 Å². The minimum absolute atomic E-state index is 0.135. The number of hydrogen-bond donors (Lipinski definition) is 1. The molecule has 2 heterocycles. The molecule has 1 aliphatic heterocycles. The maximum atomic E-state index is 13.2. The Bertz CT molecular complexity index is 754. The standard InChI is InChI=1S/C12H13F4N5O5/c1-5(19-4-7(21(24)25)9(18-19)26-2)10(22)20-12(23,11(15)16)3-6(17-20)8(13)14/h4-5,8,11,23H,3H2,1-2H3/t5-,12+/m1/s1. The number of aliphatic hydroxyl groups is 1. The average molecular weight is 383 g/mol. The van der Waals surface area contributed by atoms with E-state index in [1.54, 1.807) is 0 Å². The lowest BCUT2D eigenvalue weighted by Gasteiger charge is -2.31. The van der Waals surface area contributed by atoms with E-state index in [0.29, 0.717) is 0 Å². The Hall–Kier alpha value is -2.77. The third-order valence-corrected chi connectivity index (χ3v) is 3.67. The van der Waals surface area contributed by atoms with Crippen LogP contribution in [0.2, 0.25) is 0 Å². The minimum Gasteiger partial charge on any atom is -0.475 e. The summed E-state index contributed by atoms with van der Waals surface area (Å²) in [6, 6.07) is -1.48. The van der Waals surface area contributed by atoms with Gasteiger partial charge in [0, 0.05) is 6.42 Å². The van der Waals surface area contributed by atoms with Gasteiger partial charge in [-0.15, -0.1) is 5.10 Å². The Morgan fingerprint density at radius 2 is 2.08 bits per heavy atom. The molecule has 1 aromatic rings. The highest BCUT2D eigenvalue weighted by Crippen LogP contribution is 2.35. The molecule has 144 valence electrons. The van der Waals surface area contributed by atoms with Crippen molar-refractivity contribution in [3.8, 4) is 5.88 Å². The molecule has 0 fully saturated rings. The molecule has 2 atom stereocenters. The predicted octanol–water partition coefficient (Wildman–Crippen LogP) is 1.17. The van der Waals surface area contributed by atoms with Crippen molar-refractivity contribution in [2.45, 2.75) is 38.0 Å². The summed E-state index contributed by atoms with van der Waals surface area (Å²) in [6.07, 6.45) is -7.26. The number of halogens is 4. The van der Waals surface area contributed by atoms with Gasteiger partial charge in [-0.05, 0) is 6.92 Å². The molecule has 0 radical (unpaired) electrons. The molecule has 0 aliphatic carbocycles. The van der Waals surface area contributed by atoms with Crippen LogP contribution in [-0.2, 0) is 4.79 Å². The molecular weight excluding hydrogens is 370 g/mol. The van der Waals surface area contributed by atoms with Gasteiger partial charge in [-0.25, -0.2) is 22.2 Å². The first-order valence-corrected chi connectivity index (χ1v) is 7.00. The van der Waals surface area contributed by atoms with Gasteiger partial charge in [-0.2, -0.15) is 10.1 Å². The van der Waals surface area contributed by atoms with Crippen LogP contribution < -0.4 is 4.74 Å². The van der Waals surface area contributed by atoms with Crippen molar-refractivity contribution in [2.24, 2.45) is 5.10 Å². The Morgan fingerprint density at radius 1 is 1.46 bits per heavy atom. The second-order valence-electron chi connectivity index (χ2n) is 5.33. The zero-order valence-corrected chi connectivity index (χ0v) is 13.3. The lowest BCUT2D eigenvalue weighted by atomic mass is 10.1. The fourth-order valence-corrected chi connectivity index (χ4v) is 2.25. The van der Waals surface area contributed by atoms with Crippen LogP contribution in [0.3, 0.4) is 0 Å². The monoisotopic (exact) mass is 383 g/mol. The Balaban J connectivity index is 2.38. The highest BCUT2D eigenvalue weighted by molar-refractivity contribution is 5.93. The average Bonchev–Trinajstić information content (AvgIpc) is 3.15. The van der Waals surface area contributed by atoms with Gasteiger partial charge in [0.05, 0.1) is 12.0 Å². The van der Waals surface area contributed by atoms with Crippen molar-refractivity contribution >= 4 is 17.3 Å². The zero-order valence-electron chi connectivity index (χ0n) is 13.3. The summed E-state index contributed by atoms with van der Waals surface area (Å²) in [6.45, 7) is 1.11. The minimum atomic E-state index is -3.58. The second kappa shape index (κ2) is 6.86. The number of ether oxygens (including phenoxy) is 1. The van der Waals surface area contributed by atoms with Crippen LogP contribution in [0.15, 0.2) is 11.3 Å². The summed E-state index contributed by atoms with van der Waals surface area (Å²) in [5.74, 6) is -1.76.